The maximum atomic E-state index is 10.6. The van der Waals surface area contributed by atoms with Crippen molar-refractivity contribution in [1.29, 1.82) is 0 Å². The largest absolute Gasteiger partial charge is 0.390 e. The minimum absolute atomic E-state index is 0.225. The van der Waals surface area contributed by atoms with Crippen molar-refractivity contribution in [2.24, 2.45) is 0 Å². The van der Waals surface area contributed by atoms with Gasteiger partial charge in [0.2, 0.25) is 0 Å². The normalized spacial score (nSPS) is 14.0. The van der Waals surface area contributed by atoms with Crippen LogP contribution in [0.4, 0.5) is 0 Å². The molecule has 0 saturated carbocycles. The van der Waals surface area contributed by atoms with E-state index in [1.54, 1.807) is 0 Å². The number of fused-ring (bicyclic) bond motifs is 1. The van der Waals surface area contributed by atoms with Crippen molar-refractivity contribution in [3.63, 3.8) is 0 Å². The third-order valence-electron chi connectivity index (χ3n) is 5.15. The Labute approximate surface area is 150 Å². The predicted molar refractivity (Wildman–Crippen MR) is 105 cm³/mol. The zero-order chi connectivity index (χ0) is 18.0. The number of aliphatic hydroxyl groups excluding tert-OH is 1. The summed E-state index contributed by atoms with van der Waals surface area (Å²) in [5, 5.41) is 15.3. The summed E-state index contributed by atoms with van der Waals surface area (Å²) in [6.45, 7) is 9.72. The smallest absolute Gasteiger partial charge is 0.0843 e. The SMILES string of the molecule is Cc1ccc2c(c1)c(C)c(C)n2C[C@H](O)CN[C@H](C)c1ccccc1. The van der Waals surface area contributed by atoms with Crippen molar-refractivity contribution in [2.45, 2.75) is 46.4 Å². The van der Waals surface area contributed by atoms with Gasteiger partial charge in [0, 0.05) is 29.2 Å². The van der Waals surface area contributed by atoms with E-state index in [1.165, 1.54) is 33.3 Å². The Morgan fingerprint density at radius 1 is 1.04 bits per heavy atom. The van der Waals surface area contributed by atoms with E-state index in [1.807, 2.05) is 18.2 Å². The van der Waals surface area contributed by atoms with Gasteiger partial charge in [-0.15, -0.1) is 0 Å². The molecule has 3 heteroatoms. The van der Waals surface area contributed by atoms with Crippen LogP contribution in [0.3, 0.4) is 0 Å². The van der Waals surface area contributed by atoms with E-state index in [2.05, 4.69) is 67.9 Å². The van der Waals surface area contributed by atoms with E-state index >= 15 is 0 Å². The van der Waals surface area contributed by atoms with Crippen molar-refractivity contribution >= 4 is 10.9 Å². The lowest BCUT2D eigenvalue weighted by Crippen LogP contribution is -2.32. The molecule has 3 rings (SSSR count). The second-order valence-corrected chi connectivity index (χ2v) is 7.04. The molecule has 2 N–H and O–H groups in total. The molecule has 0 fully saturated rings. The monoisotopic (exact) mass is 336 g/mol. The van der Waals surface area contributed by atoms with Crippen molar-refractivity contribution < 1.29 is 5.11 Å². The standard InChI is InChI=1S/C22H28N2O/c1-15-10-11-22-21(12-15)16(2)18(4)24(22)14-20(25)13-23-17(3)19-8-6-5-7-9-19/h5-12,17,20,23,25H,13-14H2,1-4H3/t17-,20-/m1/s1. The number of hydrogen-bond acceptors (Lipinski definition) is 2. The maximum Gasteiger partial charge on any atom is 0.0843 e. The third-order valence-corrected chi connectivity index (χ3v) is 5.15. The predicted octanol–water partition coefficient (Wildman–Crippen LogP) is 4.28. The Kier molecular flexibility index (Phi) is 5.26. The van der Waals surface area contributed by atoms with Gasteiger partial charge >= 0.3 is 0 Å². The van der Waals surface area contributed by atoms with Crippen molar-refractivity contribution in [3.05, 3.63) is 70.9 Å². The van der Waals surface area contributed by atoms with Crippen LogP contribution in [0, 0.1) is 20.8 Å². The maximum absolute atomic E-state index is 10.6. The number of aryl methyl sites for hydroxylation is 2. The first-order chi connectivity index (χ1) is 12.0. The van der Waals surface area contributed by atoms with Crippen LogP contribution in [-0.2, 0) is 6.54 Å². The molecule has 0 unspecified atom stereocenters. The van der Waals surface area contributed by atoms with Crippen LogP contribution in [0.5, 0.6) is 0 Å². The van der Waals surface area contributed by atoms with Gasteiger partial charge in [0.1, 0.15) is 0 Å². The highest BCUT2D eigenvalue weighted by Gasteiger charge is 2.15. The van der Waals surface area contributed by atoms with E-state index < -0.39 is 6.10 Å². The first kappa shape index (κ1) is 17.7. The molecule has 0 amide bonds. The molecule has 25 heavy (non-hydrogen) atoms. The molecular weight excluding hydrogens is 308 g/mol. The van der Waals surface area contributed by atoms with Gasteiger partial charge < -0.3 is 15.0 Å². The molecule has 3 nitrogen and oxygen atoms in total. The fourth-order valence-electron chi connectivity index (χ4n) is 3.45. The summed E-state index contributed by atoms with van der Waals surface area (Å²) in [7, 11) is 0. The minimum Gasteiger partial charge on any atom is -0.390 e. The Morgan fingerprint density at radius 3 is 2.48 bits per heavy atom. The highest BCUT2D eigenvalue weighted by molar-refractivity contribution is 5.85. The summed E-state index contributed by atoms with van der Waals surface area (Å²) < 4.78 is 2.24. The number of hydrogen-bond donors (Lipinski definition) is 2. The number of aliphatic hydroxyl groups is 1. The highest BCUT2D eigenvalue weighted by Crippen LogP contribution is 2.26. The fourth-order valence-corrected chi connectivity index (χ4v) is 3.45. The quantitative estimate of drug-likeness (QED) is 0.705. The van der Waals surface area contributed by atoms with Crippen molar-refractivity contribution in [3.8, 4) is 0 Å². The van der Waals surface area contributed by atoms with Crippen LogP contribution in [0.1, 0.15) is 35.3 Å². The fraction of sp³-hybridized carbons (Fsp3) is 0.364. The summed E-state index contributed by atoms with van der Waals surface area (Å²) >= 11 is 0. The van der Waals surface area contributed by atoms with E-state index in [-0.39, 0.29) is 6.04 Å². The van der Waals surface area contributed by atoms with Crippen LogP contribution in [-0.4, -0.2) is 22.3 Å². The Hall–Kier alpha value is -2.10. The van der Waals surface area contributed by atoms with Crippen LogP contribution >= 0.6 is 0 Å². The van der Waals surface area contributed by atoms with E-state index in [0.717, 1.165) is 0 Å². The molecule has 0 aliphatic carbocycles. The van der Waals surface area contributed by atoms with E-state index in [0.29, 0.717) is 13.1 Å². The Balaban J connectivity index is 1.70. The molecule has 0 bridgehead atoms. The molecule has 2 atom stereocenters. The Bertz CT molecular complexity index is 851. The topological polar surface area (TPSA) is 37.2 Å². The number of rotatable bonds is 6. The first-order valence-electron chi connectivity index (χ1n) is 9.00. The average Bonchev–Trinajstić information content (AvgIpc) is 2.85. The summed E-state index contributed by atoms with van der Waals surface area (Å²) in [6, 6.07) is 17.1. The number of nitrogens with one attached hydrogen (secondary N) is 1. The van der Waals surface area contributed by atoms with Crippen LogP contribution in [0.2, 0.25) is 0 Å². The van der Waals surface area contributed by atoms with Gasteiger partial charge in [0.25, 0.3) is 0 Å². The minimum atomic E-state index is -0.429. The zero-order valence-corrected chi connectivity index (χ0v) is 15.6. The summed E-state index contributed by atoms with van der Waals surface area (Å²) in [6.07, 6.45) is -0.429. The second-order valence-electron chi connectivity index (χ2n) is 7.04. The lowest BCUT2D eigenvalue weighted by Gasteiger charge is -2.19. The average molecular weight is 336 g/mol. The molecular formula is C22H28N2O. The lowest BCUT2D eigenvalue weighted by molar-refractivity contribution is 0.149. The number of aromatic nitrogens is 1. The molecule has 0 spiro atoms. The number of benzene rings is 2. The van der Waals surface area contributed by atoms with E-state index in [4.69, 9.17) is 0 Å². The molecule has 132 valence electrons. The molecule has 2 aromatic carbocycles. The third kappa shape index (κ3) is 3.78. The lowest BCUT2D eigenvalue weighted by atomic mass is 10.1. The van der Waals surface area contributed by atoms with Gasteiger partial charge in [-0.1, -0.05) is 42.0 Å². The van der Waals surface area contributed by atoms with Crippen molar-refractivity contribution in [1.82, 2.24) is 9.88 Å². The first-order valence-corrected chi connectivity index (χ1v) is 9.00. The van der Waals surface area contributed by atoms with Gasteiger partial charge in [-0.05, 0) is 51.0 Å². The van der Waals surface area contributed by atoms with Crippen LogP contribution in [0.15, 0.2) is 48.5 Å². The number of nitrogens with zero attached hydrogens (tertiary/aromatic N) is 1. The highest BCUT2D eigenvalue weighted by atomic mass is 16.3. The van der Waals surface area contributed by atoms with E-state index in [9.17, 15) is 5.11 Å². The molecule has 0 aliphatic rings. The molecule has 1 aromatic heterocycles. The van der Waals surface area contributed by atoms with Gasteiger partial charge in [-0.3, -0.25) is 0 Å². The van der Waals surface area contributed by atoms with Gasteiger partial charge in [0.05, 0.1) is 12.6 Å². The van der Waals surface area contributed by atoms with Gasteiger partial charge in [-0.2, -0.15) is 0 Å². The molecule has 1 heterocycles. The zero-order valence-electron chi connectivity index (χ0n) is 15.6. The van der Waals surface area contributed by atoms with Crippen LogP contribution < -0.4 is 5.32 Å². The molecule has 3 aromatic rings. The molecule has 0 saturated heterocycles. The summed E-state index contributed by atoms with van der Waals surface area (Å²) in [5.74, 6) is 0. The second kappa shape index (κ2) is 7.42. The van der Waals surface area contributed by atoms with Gasteiger partial charge in [0.15, 0.2) is 0 Å². The molecule has 0 aliphatic heterocycles. The summed E-state index contributed by atoms with van der Waals surface area (Å²) in [5.41, 5.74) is 6.25. The Morgan fingerprint density at radius 2 is 1.76 bits per heavy atom. The van der Waals surface area contributed by atoms with Gasteiger partial charge in [-0.25, -0.2) is 0 Å². The summed E-state index contributed by atoms with van der Waals surface area (Å²) in [4.78, 5) is 0. The molecule has 0 radical (unpaired) electrons. The van der Waals surface area contributed by atoms with Crippen LogP contribution in [0.25, 0.3) is 10.9 Å². The van der Waals surface area contributed by atoms with Crippen molar-refractivity contribution in [2.75, 3.05) is 6.54 Å².